The third-order valence-electron chi connectivity index (χ3n) is 4.75. The van der Waals surface area contributed by atoms with Crippen molar-refractivity contribution in [3.63, 3.8) is 0 Å². The normalized spacial score (nSPS) is 39.6. The molecule has 0 aromatic rings. The van der Waals surface area contributed by atoms with E-state index in [1.165, 1.54) is 51.5 Å². The number of ether oxygens (including phenoxy) is 1. The third kappa shape index (κ3) is 2.01. The molecule has 1 aliphatic carbocycles. The van der Waals surface area contributed by atoms with Gasteiger partial charge >= 0.3 is 0 Å². The lowest BCUT2D eigenvalue weighted by atomic mass is 9.88. The molecule has 3 aliphatic rings. The maximum Gasteiger partial charge on any atom is 0.0697 e. The molecule has 3 fully saturated rings. The van der Waals surface area contributed by atoms with Gasteiger partial charge < -0.3 is 10.5 Å². The van der Waals surface area contributed by atoms with Gasteiger partial charge in [0.05, 0.1) is 5.60 Å². The molecule has 2 atom stereocenters. The van der Waals surface area contributed by atoms with Crippen LogP contribution in [0.25, 0.3) is 0 Å². The van der Waals surface area contributed by atoms with Gasteiger partial charge in [-0.3, -0.25) is 4.90 Å². The van der Waals surface area contributed by atoms with Crippen molar-refractivity contribution >= 4 is 0 Å². The van der Waals surface area contributed by atoms with Crippen LogP contribution in [0.3, 0.4) is 0 Å². The van der Waals surface area contributed by atoms with E-state index in [1.807, 2.05) is 0 Å². The summed E-state index contributed by atoms with van der Waals surface area (Å²) in [5.41, 5.74) is 6.26. The van der Waals surface area contributed by atoms with E-state index < -0.39 is 0 Å². The van der Waals surface area contributed by atoms with E-state index in [2.05, 4.69) is 4.90 Å². The van der Waals surface area contributed by atoms with Gasteiger partial charge in [0.2, 0.25) is 0 Å². The summed E-state index contributed by atoms with van der Waals surface area (Å²) in [6, 6.07) is 1.17. The second-order valence-corrected chi connectivity index (χ2v) is 5.93. The van der Waals surface area contributed by atoms with E-state index in [0.717, 1.165) is 19.2 Å². The number of rotatable bonds is 1. The molecule has 3 rings (SSSR count). The number of nitrogens with two attached hydrogens (primary N) is 1. The van der Waals surface area contributed by atoms with Crippen LogP contribution in [0.2, 0.25) is 0 Å². The van der Waals surface area contributed by atoms with Gasteiger partial charge in [0.1, 0.15) is 0 Å². The van der Waals surface area contributed by atoms with Crippen LogP contribution in [0, 0.1) is 0 Å². The van der Waals surface area contributed by atoms with Gasteiger partial charge in [-0.05, 0) is 32.1 Å². The molecule has 1 spiro atoms. The quantitative estimate of drug-likeness (QED) is 0.734. The first-order valence-electron chi connectivity index (χ1n) is 6.91. The average molecular weight is 224 g/mol. The van der Waals surface area contributed by atoms with E-state index in [4.69, 9.17) is 10.5 Å². The fourth-order valence-corrected chi connectivity index (χ4v) is 3.83. The zero-order valence-corrected chi connectivity index (χ0v) is 10.2. The van der Waals surface area contributed by atoms with Crippen LogP contribution in [-0.4, -0.2) is 42.3 Å². The Balaban J connectivity index is 1.63. The largest absolute Gasteiger partial charge is 0.375 e. The Bertz CT molecular complexity index is 250. The van der Waals surface area contributed by atoms with Gasteiger partial charge in [0.25, 0.3) is 0 Å². The second-order valence-electron chi connectivity index (χ2n) is 5.93. The van der Waals surface area contributed by atoms with E-state index in [1.54, 1.807) is 0 Å². The van der Waals surface area contributed by atoms with Gasteiger partial charge in [0.15, 0.2) is 0 Å². The summed E-state index contributed by atoms with van der Waals surface area (Å²) in [6.45, 7) is 3.29. The predicted molar refractivity (Wildman–Crippen MR) is 64.3 cm³/mol. The summed E-state index contributed by atoms with van der Waals surface area (Å²) in [5.74, 6) is 0. The van der Waals surface area contributed by atoms with Crippen molar-refractivity contribution in [2.75, 3.05) is 19.7 Å². The molecule has 3 nitrogen and oxygen atoms in total. The predicted octanol–water partition coefficient (Wildman–Crippen LogP) is 1.51. The van der Waals surface area contributed by atoms with Crippen LogP contribution < -0.4 is 5.73 Å². The molecule has 0 radical (unpaired) electrons. The fraction of sp³-hybridized carbons (Fsp3) is 1.00. The minimum atomic E-state index is 0.260. The zero-order chi connectivity index (χ0) is 11.0. The van der Waals surface area contributed by atoms with Crippen LogP contribution in [0.1, 0.15) is 44.9 Å². The van der Waals surface area contributed by atoms with Crippen LogP contribution in [0.5, 0.6) is 0 Å². The van der Waals surface area contributed by atoms with Gasteiger partial charge in [-0.25, -0.2) is 0 Å². The Hall–Kier alpha value is -0.120. The van der Waals surface area contributed by atoms with Crippen molar-refractivity contribution < 1.29 is 4.74 Å². The fourth-order valence-electron chi connectivity index (χ4n) is 3.83. The minimum absolute atomic E-state index is 0.260. The Morgan fingerprint density at radius 3 is 2.69 bits per heavy atom. The first kappa shape index (κ1) is 11.0. The SMILES string of the molecule is N[C@H]1CCN(C2CCOC3(CCCC3)C2)C1. The third-order valence-corrected chi connectivity index (χ3v) is 4.75. The van der Waals surface area contributed by atoms with E-state index in [0.29, 0.717) is 6.04 Å². The summed E-state index contributed by atoms with van der Waals surface area (Å²) < 4.78 is 6.09. The van der Waals surface area contributed by atoms with Gasteiger partial charge in [0, 0.05) is 31.8 Å². The summed E-state index contributed by atoms with van der Waals surface area (Å²) >= 11 is 0. The first-order valence-corrected chi connectivity index (χ1v) is 6.91. The second kappa shape index (κ2) is 4.28. The van der Waals surface area contributed by atoms with E-state index in [9.17, 15) is 0 Å². The average Bonchev–Trinajstić information content (AvgIpc) is 2.89. The highest BCUT2D eigenvalue weighted by Crippen LogP contribution is 2.41. The van der Waals surface area contributed by atoms with Crippen molar-refractivity contribution in [2.45, 2.75) is 62.6 Å². The van der Waals surface area contributed by atoms with Crippen molar-refractivity contribution in [1.29, 1.82) is 0 Å². The van der Waals surface area contributed by atoms with Crippen LogP contribution in [-0.2, 0) is 4.74 Å². The molecule has 0 aromatic carbocycles. The molecular weight excluding hydrogens is 200 g/mol. The van der Waals surface area contributed by atoms with Gasteiger partial charge in [-0.15, -0.1) is 0 Å². The number of likely N-dealkylation sites (tertiary alicyclic amines) is 1. The maximum absolute atomic E-state index is 6.09. The molecule has 16 heavy (non-hydrogen) atoms. The molecular formula is C13H24N2O. The molecule has 2 aliphatic heterocycles. The lowest BCUT2D eigenvalue weighted by Crippen LogP contribution is -2.47. The number of hydrogen-bond acceptors (Lipinski definition) is 3. The lowest BCUT2D eigenvalue weighted by molar-refractivity contribution is -0.0992. The molecule has 2 saturated heterocycles. The number of nitrogens with zero attached hydrogens (tertiary/aromatic N) is 1. The molecule has 2 N–H and O–H groups in total. The monoisotopic (exact) mass is 224 g/mol. The minimum Gasteiger partial charge on any atom is -0.375 e. The van der Waals surface area contributed by atoms with Crippen LogP contribution in [0.4, 0.5) is 0 Å². The highest BCUT2D eigenvalue weighted by molar-refractivity contribution is 4.96. The highest BCUT2D eigenvalue weighted by Gasteiger charge is 2.42. The number of hydrogen-bond donors (Lipinski definition) is 1. The van der Waals surface area contributed by atoms with Gasteiger partial charge in [-0.2, -0.15) is 0 Å². The lowest BCUT2D eigenvalue weighted by Gasteiger charge is -2.41. The first-order chi connectivity index (χ1) is 7.77. The topological polar surface area (TPSA) is 38.5 Å². The molecule has 1 saturated carbocycles. The summed E-state index contributed by atoms with van der Waals surface area (Å²) in [4.78, 5) is 2.62. The van der Waals surface area contributed by atoms with Crippen molar-refractivity contribution in [3.8, 4) is 0 Å². The molecule has 0 amide bonds. The van der Waals surface area contributed by atoms with Crippen LogP contribution in [0.15, 0.2) is 0 Å². The zero-order valence-electron chi connectivity index (χ0n) is 10.2. The van der Waals surface area contributed by atoms with Crippen molar-refractivity contribution in [2.24, 2.45) is 5.73 Å². The molecule has 0 bridgehead atoms. The summed E-state index contributed by atoms with van der Waals surface area (Å²) in [5, 5.41) is 0. The smallest absolute Gasteiger partial charge is 0.0697 e. The molecule has 0 aromatic heterocycles. The van der Waals surface area contributed by atoms with E-state index in [-0.39, 0.29) is 5.60 Å². The standard InChI is InChI=1S/C13H24N2O/c14-11-3-7-15(10-11)12-4-8-16-13(9-12)5-1-2-6-13/h11-12H,1-10,14H2/t11-,12?/m0/s1. The molecule has 3 heteroatoms. The Morgan fingerprint density at radius 2 is 2.00 bits per heavy atom. The summed E-state index contributed by atoms with van der Waals surface area (Å²) in [6.07, 6.45) is 8.99. The van der Waals surface area contributed by atoms with E-state index >= 15 is 0 Å². The van der Waals surface area contributed by atoms with Crippen molar-refractivity contribution in [1.82, 2.24) is 4.90 Å². The maximum atomic E-state index is 6.09. The Kier molecular flexibility index (Phi) is 2.94. The Morgan fingerprint density at radius 1 is 1.19 bits per heavy atom. The van der Waals surface area contributed by atoms with Gasteiger partial charge in [-0.1, -0.05) is 12.8 Å². The Labute approximate surface area is 98.3 Å². The molecule has 2 heterocycles. The molecule has 1 unspecified atom stereocenters. The van der Waals surface area contributed by atoms with Crippen LogP contribution >= 0.6 is 0 Å². The molecule has 92 valence electrons. The summed E-state index contributed by atoms with van der Waals surface area (Å²) in [7, 11) is 0. The highest BCUT2D eigenvalue weighted by atomic mass is 16.5. The van der Waals surface area contributed by atoms with Crippen molar-refractivity contribution in [3.05, 3.63) is 0 Å².